The van der Waals surface area contributed by atoms with Crippen LogP contribution < -0.4 is 0 Å². The predicted octanol–water partition coefficient (Wildman–Crippen LogP) is 1.21. The molecule has 1 saturated heterocycles. The molecule has 0 aromatic carbocycles. The standard InChI is InChI=1S/C12H19NO3/c1-7-3-8(2)6-13(5-7)11(14)9-4-10(9)12(15)16/h7-10H,3-6H2,1-2H3,(H,15,16)/t7-,8+,9-,10-/m1/s1. The van der Waals surface area contributed by atoms with E-state index in [0.29, 0.717) is 18.3 Å². The SMILES string of the molecule is C[C@@H]1C[C@H](C)CN(C(=O)[C@@H]2C[C@H]2C(=O)O)C1. The Labute approximate surface area is 95.6 Å². The summed E-state index contributed by atoms with van der Waals surface area (Å²) in [5, 5.41) is 8.80. The number of likely N-dealkylation sites (tertiary alicyclic amines) is 1. The molecule has 1 heterocycles. The Balaban J connectivity index is 1.93. The molecule has 90 valence electrons. The van der Waals surface area contributed by atoms with Crippen molar-refractivity contribution in [3.8, 4) is 0 Å². The third-order valence-electron chi connectivity index (χ3n) is 3.61. The molecule has 0 aromatic rings. The van der Waals surface area contributed by atoms with E-state index in [-0.39, 0.29) is 11.8 Å². The van der Waals surface area contributed by atoms with Gasteiger partial charge in [-0.15, -0.1) is 0 Å². The predicted molar refractivity (Wildman–Crippen MR) is 58.8 cm³/mol. The zero-order chi connectivity index (χ0) is 11.9. The maximum absolute atomic E-state index is 12.0. The number of carboxylic acids is 1. The number of carbonyl (C=O) groups excluding carboxylic acids is 1. The first-order chi connectivity index (χ1) is 7.49. The van der Waals surface area contributed by atoms with Crippen LogP contribution in [0.25, 0.3) is 0 Å². The molecule has 2 aliphatic rings. The summed E-state index contributed by atoms with van der Waals surface area (Å²) in [5.74, 6) is -0.346. The molecule has 2 rings (SSSR count). The highest BCUT2D eigenvalue weighted by Crippen LogP contribution is 2.41. The number of nitrogens with zero attached hydrogens (tertiary/aromatic N) is 1. The van der Waals surface area contributed by atoms with Crippen molar-refractivity contribution in [1.29, 1.82) is 0 Å². The monoisotopic (exact) mass is 225 g/mol. The van der Waals surface area contributed by atoms with Crippen molar-refractivity contribution in [1.82, 2.24) is 4.90 Å². The number of hydrogen-bond acceptors (Lipinski definition) is 2. The number of amides is 1. The lowest BCUT2D eigenvalue weighted by atomic mass is 9.91. The van der Waals surface area contributed by atoms with Gasteiger partial charge in [0.25, 0.3) is 0 Å². The Morgan fingerprint density at radius 1 is 1.06 bits per heavy atom. The molecule has 1 amide bonds. The average Bonchev–Trinajstić information content (AvgIpc) is 2.94. The van der Waals surface area contributed by atoms with Crippen molar-refractivity contribution in [3.05, 3.63) is 0 Å². The molecule has 1 aliphatic heterocycles. The molecule has 0 aromatic heterocycles. The fourth-order valence-corrected chi connectivity index (χ4v) is 2.82. The van der Waals surface area contributed by atoms with E-state index in [1.165, 1.54) is 0 Å². The van der Waals surface area contributed by atoms with Crippen molar-refractivity contribution in [2.24, 2.45) is 23.7 Å². The summed E-state index contributed by atoms with van der Waals surface area (Å²) < 4.78 is 0. The van der Waals surface area contributed by atoms with Crippen LogP contribution in [0.3, 0.4) is 0 Å². The maximum atomic E-state index is 12.0. The van der Waals surface area contributed by atoms with E-state index in [1.807, 2.05) is 4.90 Å². The molecule has 16 heavy (non-hydrogen) atoms. The van der Waals surface area contributed by atoms with Gasteiger partial charge in [0.05, 0.1) is 11.8 Å². The number of carboxylic acid groups (broad SMARTS) is 1. The van der Waals surface area contributed by atoms with Gasteiger partial charge >= 0.3 is 5.97 Å². The van der Waals surface area contributed by atoms with Crippen molar-refractivity contribution in [2.45, 2.75) is 26.7 Å². The minimum atomic E-state index is -0.823. The third kappa shape index (κ3) is 2.20. The number of rotatable bonds is 2. The van der Waals surface area contributed by atoms with Gasteiger partial charge < -0.3 is 10.0 Å². The summed E-state index contributed by atoms with van der Waals surface area (Å²) in [6.45, 7) is 5.90. The number of piperidine rings is 1. The summed E-state index contributed by atoms with van der Waals surface area (Å²) in [5.41, 5.74) is 0. The second kappa shape index (κ2) is 4.07. The van der Waals surface area contributed by atoms with Crippen molar-refractivity contribution in [2.75, 3.05) is 13.1 Å². The molecular formula is C12H19NO3. The molecule has 2 fully saturated rings. The van der Waals surface area contributed by atoms with Crippen LogP contribution in [0.5, 0.6) is 0 Å². The number of carbonyl (C=O) groups is 2. The van der Waals surface area contributed by atoms with Crippen LogP contribution >= 0.6 is 0 Å². The minimum Gasteiger partial charge on any atom is -0.481 e. The fourth-order valence-electron chi connectivity index (χ4n) is 2.82. The molecular weight excluding hydrogens is 206 g/mol. The molecule has 1 saturated carbocycles. The second-order valence-corrected chi connectivity index (χ2v) is 5.48. The van der Waals surface area contributed by atoms with Gasteiger partial charge in [-0.3, -0.25) is 9.59 Å². The van der Waals surface area contributed by atoms with Gasteiger partial charge in [0.15, 0.2) is 0 Å². The average molecular weight is 225 g/mol. The van der Waals surface area contributed by atoms with Gasteiger partial charge in [-0.1, -0.05) is 13.8 Å². The highest BCUT2D eigenvalue weighted by Gasteiger charge is 2.50. The largest absolute Gasteiger partial charge is 0.481 e. The summed E-state index contributed by atoms with van der Waals surface area (Å²) in [7, 11) is 0. The van der Waals surface area contributed by atoms with Crippen LogP contribution in [-0.4, -0.2) is 35.0 Å². The Morgan fingerprint density at radius 2 is 1.62 bits per heavy atom. The molecule has 0 radical (unpaired) electrons. The fraction of sp³-hybridized carbons (Fsp3) is 0.833. The first kappa shape index (κ1) is 11.4. The smallest absolute Gasteiger partial charge is 0.307 e. The van der Waals surface area contributed by atoms with Gasteiger partial charge in [-0.05, 0) is 24.7 Å². The van der Waals surface area contributed by atoms with E-state index in [9.17, 15) is 9.59 Å². The molecule has 0 bridgehead atoms. The van der Waals surface area contributed by atoms with Crippen LogP contribution in [0, 0.1) is 23.7 Å². The third-order valence-corrected chi connectivity index (χ3v) is 3.61. The Hall–Kier alpha value is -1.06. The van der Waals surface area contributed by atoms with Gasteiger partial charge in [0.2, 0.25) is 5.91 Å². The van der Waals surface area contributed by atoms with Gasteiger partial charge in [0.1, 0.15) is 0 Å². The Kier molecular flexibility index (Phi) is 2.91. The Morgan fingerprint density at radius 3 is 2.06 bits per heavy atom. The first-order valence-electron chi connectivity index (χ1n) is 6.00. The van der Waals surface area contributed by atoms with E-state index >= 15 is 0 Å². The molecule has 4 atom stereocenters. The van der Waals surface area contributed by atoms with Crippen LogP contribution in [0.1, 0.15) is 26.7 Å². The molecule has 0 unspecified atom stereocenters. The topological polar surface area (TPSA) is 57.6 Å². The molecule has 1 N–H and O–H groups in total. The van der Waals surface area contributed by atoms with E-state index < -0.39 is 11.9 Å². The zero-order valence-corrected chi connectivity index (χ0v) is 9.85. The molecule has 4 heteroatoms. The number of hydrogen-bond donors (Lipinski definition) is 1. The number of aliphatic carboxylic acids is 1. The van der Waals surface area contributed by atoms with Crippen molar-refractivity contribution < 1.29 is 14.7 Å². The van der Waals surface area contributed by atoms with E-state index in [4.69, 9.17) is 5.11 Å². The summed E-state index contributed by atoms with van der Waals surface area (Å²) in [6, 6.07) is 0. The Bertz CT molecular complexity index is 305. The van der Waals surface area contributed by atoms with Crippen LogP contribution in [0.15, 0.2) is 0 Å². The van der Waals surface area contributed by atoms with Gasteiger partial charge in [0, 0.05) is 13.1 Å². The van der Waals surface area contributed by atoms with Gasteiger partial charge in [-0.2, -0.15) is 0 Å². The van der Waals surface area contributed by atoms with Crippen molar-refractivity contribution >= 4 is 11.9 Å². The van der Waals surface area contributed by atoms with Gasteiger partial charge in [-0.25, -0.2) is 0 Å². The van der Waals surface area contributed by atoms with Crippen LogP contribution in [-0.2, 0) is 9.59 Å². The summed E-state index contributed by atoms with van der Waals surface area (Å²) in [4.78, 5) is 24.6. The molecule has 4 nitrogen and oxygen atoms in total. The molecule has 1 aliphatic carbocycles. The van der Waals surface area contributed by atoms with E-state index in [1.54, 1.807) is 0 Å². The highest BCUT2D eigenvalue weighted by atomic mass is 16.4. The summed E-state index contributed by atoms with van der Waals surface area (Å²) in [6.07, 6.45) is 1.70. The van der Waals surface area contributed by atoms with Crippen molar-refractivity contribution in [3.63, 3.8) is 0 Å². The zero-order valence-electron chi connectivity index (χ0n) is 9.85. The van der Waals surface area contributed by atoms with E-state index in [2.05, 4.69) is 13.8 Å². The quantitative estimate of drug-likeness (QED) is 0.768. The van der Waals surface area contributed by atoms with Crippen LogP contribution in [0.2, 0.25) is 0 Å². The van der Waals surface area contributed by atoms with E-state index in [0.717, 1.165) is 19.5 Å². The second-order valence-electron chi connectivity index (χ2n) is 5.48. The highest BCUT2D eigenvalue weighted by molar-refractivity contribution is 5.89. The lowest BCUT2D eigenvalue weighted by molar-refractivity contribution is -0.142. The first-order valence-corrected chi connectivity index (χ1v) is 6.00. The van der Waals surface area contributed by atoms with Crippen LogP contribution in [0.4, 0.5) is 0 Å². The molecule has 0 spiro atoms. The lowest BCUT2D eigenvalue weighted by Gasteiger charge is -2.35. The minimum absolute atomic E-state index is 0.0609. The lowest BCUT2D eigenvalue weighted by Crippen LogP contribution is -2.43. The normalized spacial score (nSPS) is 38.2. The maximum Gasteiger partial charge on any atom is 0.307 e. The summed E-state index contributed by atoms with van der Waals surface area (Å²) >= 11 is 0.